The molecular weight excluding hydrogens is 316 g/mol. The lowest BCUT2D eigenvalue weighted by atomic mass is 9.93. The molecule has 0 bridgehead atoms. The zero-order chi connectivity index (χ0) is 18.7. The third kappa shape index (κ3) is 5.72. The average Bonchev–Trinajstić information content (AvgIpc) is 2.71. The van der Waals surface area contributed by atoms with Gasteiger partial charge in [0.15, 0.2) is 0 Å². The first-order chi connectivity index (χ1) is 11.6. The lowest BCUT2D eigenvalue weighted by Crippen LogP contribution is -2.50. The molecule has 3 N–H and O–H groups in total. The Morgan fingerprint density at radius 2 is 1.92 bits per heavy atom. The Labute approximate surface area is 151 Å². The monoisotopic (exact) mass is 348 g/mol. The van der Waals surface area contributed by atoms with Gasteiger partial charge in [-0.3, -0.25) is 0 Å². The summed E-state index contributed by atoms with van der Waals surface area (Å²) in [4.78, 5) is 12.4. The standard InChI is InChI=1S/C20H32N2O3/c1-14(23)11-16(15-9-7-6-8-10-15)13-21-18(24)22-17-12-19(2,3)25-20(17,4)5/h6-10,14,16-17,23H,11-13H2,1-5H3,(H2,21,22,24). The van der Waals surface area contributed by atoms with Crippen LogP contribution in [0.25, 0.3) is 0 Å². The van der Waals surface area contributed by atoms with Crippen molar-refractivity contribution in [1.29, 1.82) is 0 Å². The average molecular weight is 348 g/mol. The first-order valence-corrected chi connectivity index (χ1v) is 9.06. The lowest BCUT2D eigenvalue weighted by molar-refractivity contribution is -0.0690. The van der Waals surface area contributed by atoms with Crippen molar-refractivity contribution in [3.63, 3.8) is 0 Å². The number of hydrogen-bond acceptors (Lipinski definition) is 3. The molecule has 3 unspecified atom stereocenters. The fourth-order valence-corrected chi connectivity index (χ4v) is 3.69. The molecule has 0 aromatic heterocycles. The molecule has 2 amide bonds. The lowest BCUT2D eigenvalue weighted by Gasteiger charge is -2.28. The van der Waals surface area contributed by atoms with Gasteiger partial charge >= 0.3 is 6.03 Å². The summed E-state index contributed by atoms with van der Waals surface area (Å²) in [6, 6.07) is 9.76. The molecule has 5 heteroatoms. The van der Waals surface area contributed by atoms with Crippen LogP contribution in [-0.4, -0.2) is 41.0 Å². The second-order valence-corrected chi connectivity index (χ2v) is 8.27. The fourth-order valence-electron chi connectivity index (χ4n) is 3.69. The number of nitrogens with one attached hydrogen (secondary N) is 2. The minimum atomic E-state index is -0.418. The van der Waals surface area contributed by atoms with Crippen LogP contribution < -0.4 is 10.6 Å². The van der Waals surface area contributed by atoms with E-state index in [-0.39, 0.29) is 29.2 Å². The molecule has 1 heterocycles. The van der Waals surface area contributed by atoms with E-state index in [1.165, 1.54) is 0 Å². The number of hydrogen-bond donors (Lipinski definition) is 3. The van der Waals surface area contributed by atoms with Crippen LogP contribution in [0.1, 0.15) is 58.9 Å². The van der Waals surface area contributed by atoms with Crippen LogP contribution in [0.3, 0.4) is 0 Å². The number of ether oxygens (including phenoxy) is 1. The van der Waals surface area contributed by atoms with Gasteiger partial charge < -0.3 is 20.5 Å². The minimum Gasteiger partial charge on any atom is -0.393 e. The number of rotatable bonds is 6. The summed E-state index contributed by atoms with van der Waals surface area (Å²) in [7, 11) is 0. The maximum absolute atomic E-state index is 12.4. The van der Waals surface area contributed by atoms with Crippen molar-refractivity contribution in [3.8, 4) is 0 Å². The summed E-state index contributed by atoms with van der Waals surface area (Å²) >= 11 is 0. The Balaban J connectivity index is 1.93. The highest BCUT2D eigenvalue weighted by atomic mass is 16.5. The Morgan fingerprint density at radius 1 is 1.28 bits per heavy atom. The number of carbonyl (C=O) groups is 1. The van der Waals surface area contributed by atoms with Crippen LogP contribution >= 0.6 is 0 Å². The Hall–Kier alpha value is -1.59. The molecule has 0 radical (unpaired) electrons. The van der Waals surface area contributed by atoms with Gasteiger partial charge in [0.2, 0.25) is 0 Å². The molecule has 1 aromatic rings. The van der Waals surface area contributed by atoms with E-state index in [0.717, 1.165) is 12.0 Å². The van der Waals surface area contributed by atoms with Crippen molar-refractivity contribution in [3.05, 3.63) is 35.9 Å². The Morgan fingerprint density at radius 3 is 2.44 bits per heavy atom. The van der Waals surface area contributed by atoms with E-state index >= 15 is 0 Å². The molecule has 1 fully saturated rings. The second-order valence-electron chi connectivity index (χ2n) is 8.27. The molecule has 1 aromatic carbocycles. The summed E-state index contributed by atoms with van der Waals surface area (Å²) in [5, 5.41) is 15.8. The zero-order valence-electron chi connectivity index (χ0n) is 16.0. The van der Waals surface area contributed by atoms with E-state index in [2.05, 4.69) is 10.6 Å². The molecule has 1 aliphatic rings. The van der Waals surface area contributed by atoms with Gasteiger partial charge in [-0.25, -0.2) is 4.79 Å². The van der Waals surface area contributed by atoms with Crippen LogP contribution in [0.15, 0.2) is 30.3 Å². The Kier molecular flexibility index (Phi) is 6.12. The molecule has 140 valence electrons. The summed E-state index contributed by atoms with van der Waals surface area (Å²) in [6.45, 7) is 10.4. The molecule has 3 atom stereocenters. The quantitative estimate of drug-likeness (QED) is 0.739. The highest BCUT2D eigenvalue weighted by Crippen LogP contribution is 2.37. The topological polar surface area (TPSA) is 70.6 Å². The van der Waals surface area contributed by atoms with E-state index in [4.69, 9.17) is 4.74 Å². The van der Waals surface area contributed by atoms with E-state index < -0.39 is 6.10 Å². The number of aliphatic hydroxyl groups excluding tert-OH is 1. The van der Waals surface area contributed by atoms with Crippen molar-refractivity contribution in [2.24, 2.45) is 0 Å². The number of benzene rings is 1. The van der Waals surface area contributed by atoms with Crippen LogP contribution in [0.2, 0.25) is 0 Å². The third-order valence-electron chi connectivity index (χ3n) is 4.79. The van der Waals surface area contributed by atoms with E-state index in [1.807, 2.05) is 58.0 Å². The van der Waals surface area contributed by atoms with Crippen LogP contribution in [0, 0.1) is 0 Å². The molecule has 25 heavy (non-hydrogen) atoms. The minimum absolute atomic E-state index is 0.0329. The number of amides is 2. The van der Waals surface area contributed by atoms with Crippen molar-refractivity contribution in [2.45, 2.75) is 76.7 Å². The summed E-state index contributed by atoms with van der Waals surface area (Å²) in [6.07, 6.45) is 0.969. The van der Waals surface area contributed by atoms with Gasteiger partial charge in [0.25, 0.3) is 0 Å². The second kappa shape index (κ2) is 7.75. The predicted molar refractivity (Wildman–Crippen MR) is 99.7 cm³/mol. The first kappa shape index (κ1) is 19.7. The van der Waals surface area contributed by atoms with Crippen molar-refractivity contribution < 1.29 is 14.6 Å². The van der Waals surface area contributed by atoms with Gasteiger partial charge in [0.1, 0.15) is 0 Å². The van der Waals surface area contributed by atoms with E-state index in [0.29, 0.717) is 13.0 Å². The van der Waals surface area contributed by atoms with Gasteiger partial charge in [-0.2, -0.15) is 0 Å². The molecule has 1 aliphatic heterocycles. The molecule has 0 saturated carbocycles. The smallest absolute Gasteiger partial charge is 0.315 e. The molecular formula is C20H32N2O3. The number of aliphatic hydroxyl groups is 1. The van der Waals surface area contributed by atoms with Gasteiger partial charge in [-0.15, -0.1) is 0 Å². The first-order valence-electron chi connectivity index (χ1n) is 9.06. The largest absolute Gasteiger partial charge is 0.393 e. The molecule has 0 aliphatic carbocycles. The summed E-state index contributed by atoms with van der Waals surface area (Å²) in [5.74, 6) is 0.0798. The predicted octanol–water partition coefficient (Wildman–Crippen LogP) is 3.19. The van der Waals surface area contributed by atoms with Crippen molar-refractivity contribution >= 4 is 6.03 Å². The van der Waals surface area contributed by atoms with Crippen LogP contribution in [-0.2, 0) is 4.74 Å². The molecule has 2 rings (SSSR count). The van der Waals surface area contributed by atoms with Gasteiger partial charge in [-0.05, 0) is 53.0 Å². The fraction of sp³-hybridized carbons (Fsp3) is 0.650. The van der Waals surface area contributed by atoms with Gasteiger partial charge in [0, 0.05) is 12.5 Å². The Bertz CT molecular complexity index is 570. The van der Waals surface area contributed by atoms with Crippen LogP contribution in [0.4, 0.5) is 4.79 Å². The van der Waals surface area contributed by atoms with E-state index in [1.54, 1.807) is 6.92 Å². The summed E-state index contributed by atoms with van der Waals surface area (Å²) in [5.41, 5.74) is 0.494. The number of urea groups is 1. The molecule has 1 saturated heterocycles. The normalized spacial score (nSPS) is 23.7. The molecule has 5 nitrogen and oxygen atoms in total. The maximum Gasteiger partial charge on any atom is 0.315 e. The highest BCUT2D eigenvalue weighted by molar-refractivity contribution is 5.74. The SMILES string of the molecule is CC(O)CC(CNC(=O)NC1CC(C)(C)OC1(C)C)c1ccccc1. The molecule has 0 spiro atoms. The summed E-state index contributed by atoms with van der Waals surface area (Å²) < 4.78 is 6.02. The van der Waals surface area contributed by atoms with Crippen LogP contribution in [0.5, 0.6) is 0 Å². The van der Waals surface area contributed by atoms with E-state index in [9.17, 15) is 9.90 Å². The third-order valence-corrected chi connectivity index (χ3v) is 4.79. The highest BCUT2D eigenvalue weighted by Gasteiger charge is 2.46. The van der Waals surface area contributed by atoms with Crippen molar-refractivity contribution in [2.75, 3.05) is 6.54 Å². The van der Waals surface area contributed by atoms with Gasteiger partial charge in [-0.1, -0.05) is 30.3 Å². The maximum atomic E-state index is 12.4. The number of carbonyl (C=O) groups excluding carboxylic acids is 1. The van der Waals surface area contributed by atoms with Gasteiger partial charge in [0.05, 0.1) is 23.3 Å². The zero-order valence-corrected chi connectivity index (χ0v) is 16.0. The van der Waals surface area contributed by atoms with Crippen molar-refractivity contribution in [1.82, 2.24) is 10.6 Å².